The van der Waals surface area contributed by atoms with Crippen molar-refractivity contribution in [2.45, 2.75) is 31.7 Å². The molecule has 2 rings (SSSR count). The molecule has 1 aromatic rings. The van der Waals surface area contributed by atoms with Crippen LogP contribution >= 0.6 is 0 Å². The summed E-state index contributed by atoms with van der Waals surface area (Å²) in [7, 11) is 1.80. The summed E-state index contributed by atoms with van der Waals surface area (Å²) in [6.45, 7) is 2.09. The number of amides is 1. The largest absolute Gasteiger partial charge is 0.387 e. The zero-order valence-corrected chi connectivity index (χ0v) is 9.71. The fourth-order valence-electron chi connectivity index (χ4n) is 1.97. The molecule has 0 aromatic carbocycles. The highest BCUT2D eigenvalue weighted by atomic mass is 16.1. The Morgan fingerprint density at radius 2 is 2.25 bits per heavy atom. The lowest BCUT2D eigenvalue weighted by Crippen LogP contribution is -2.51. The van der Waals surface area contributed by atoms with Crippen molar-refractivity contribution in [3.63, 3.8) is 0 Å². The normalized spacial score (nSPS) is 17.4. The first kappa shape index (κ1) is 10.9. The second-order valence-corrected chi connectivity index (χ2v) is 4.54. The Balaban J connectivity index is 2.14. The summed E-state index contributed by atoms with van der Waals surface area (Å²) in [5.41, 5.74) is 1.41. The minimum absolute atomic E-state index is 0.0159. The molecule has 86 valence electrons. The van der Waals surface area contributed by atoms with E-state index in [4.69, 9.17) is 0 Å². The zero-order chi connectivity index (χ0) is 11.6. The molecule has 1 aliphatic carbocycles. The average molecular weight is 219 g/mol. The van der Waals surface area contributed by atoms with Crippen LogP contribution in [0.5, 0.6) is 0 Å². The predicted molar refractivity (Wildman–Crippen MR) is 63.5 cm³/mol. The second kappa shape index (κ2) is 4.12. The Bertz CT molecular complexity index is 399. The third kappa shape index (κ3) is 2.01. The summed E-state index contributed by atoms with van der Waals surface area (Å²) in [5, 5.41) is 6.06. The Morgan fingerprint density at radius 1 is 1.50 bits per heavy atom. The van der Waals surface area contributed by atoms with Gasteiger partial charge in [0.25, 0.3) is 5.91 Å². The molecular formula is C12H17N3O. The SMILES string of the molecule is CNc1ccncc1C(=O)NC1(C)CCC1. The maximum Gasteiger partial charge on any atom is 0.255 e. The zero-order valence-electron chi connectivity index (χ0n) is 9.71. The first-order chi connectivity index (χ1) is 7.64. The van der Waals surface area contributed by atoms with Crippen LogP contribution < -0.4 is 10.6 Å². The first-order valence-corrected chi connectivity index (χ1v) is 5.59. The van der Waals surface area contributed by atoms with Gasteiger partial charge in [-0.25, -0.2) is 0 Å². The molecule has 2 N–H and O–H groups in total. The lowest BCUT2D eigenvalue weighted by Gasteiger charge is -2.39. The molecule has 0 bridgehead atoms. The summed E-state index contributed by atoms with van der Waals surface area (Å²) >= 11 is 0. The molecule has 1 fully saturated rings. The molecule has 1 aromatic heterocycles. The maximum atomic E-state index is 12.0. The van der Waals surface area contributed by atoms with Gasteiger partial charge in [0.15, 0.2) is 0 Å². The Hall–Kier alpha value is -1.58. The summed E-state index contributed by atoms with van der Waals surface area (Å²) in [4.78, 5) is 16.0. The number of rotatable bonds is 3. The number of nitrogens with zero attached hydrogens (tertiary/aromatic N) is 1. The van der Waals surface area contributed by atoms with Crippen molar-refractivity contribution in [3.05, 3.63) is 24.0 Å². The monoisotopic (exact) mass is 219 g/mol. The van der Waals surface area contributed by atoms with Gasteiger partial charge in [-0.2, -0.15) is 0 Å². The molecule has 4 nitrogen and oxygen atoms in total. The summed E-state index contributed by atoms with van der Waals surface area (Å²) in [6.07, 6.45) is 6.60. The first-order valence-electron chi connectivity index (χ1n) is 5.59. The highest BCUT2D eigenvalue weighted by Crippen LogP contribution is 2.31. The van der Waals surface area contributed by atoms with E-state index < -0.39 is 0 Å². The summed E-state index contributed by atoms with van der Waals surface area (Å²) < 4.78 is 0. The van der Waals surface area contributed by atoms with Gasteiger partial charge >= 0.3 is 0 Å². The van der Waals surface area contributed by atoms with Crippen molar-refractivity contribution in [3.8, 4) is 0 Å². The lowest BCUT2D eigenvalue weighted by atomic mass is 9.78. The highest BCUT2D eigenvalue weighted by Gasteiger charge is 2.33. The number of carbonyl (C=O) groups is 1. The maximum absolute atomic E-state index is 12.0. The van der Waals surface area contributed by atoms with Crippen LogP contribution in [0.4, 0.5) is 5.69 Å². The number of anilines is 1. The number of hydrogen-bond donors (Lipinski definition) is 2. The van der Waals surface area contributed by atoms with E-state index in [-0.39, 0.29) is 11.4 Å². The van der Waals surface area contributed by atoms with Gasteiger partial charge in [-0.3, -0.25) is 9.78 Å². The van der Waals surface area contributed by atoms with E-state index in [0.717, 1.165) is 18.5 Å². The Kier molecular flexibility index (Phi) is 2.81. The quantitative estimate of drug-likeness (QED) is 0.815. The van der Waals surface area contributed by atoms with Crippen LogP contribution in [0, 0.1) is 0 Å². The van der Waals surface area contributed by atoms with E-state index >= 15 is 0 Å². The smallest absolute Gasteiger partial charge is 0.255 e. The number of pyridine rings is 1. The Labute approximate surface area is 95.5 Å². The minimum Gasteiger partial charge on any atom is -0.387 e. The molecule has 1 aliphatic rings. The predicted octanol–water partition coefficient (Wildman–Crippen LogP) is 1.80. The van der Waals surface area contributed by atoms with E-state index in [0.29, 0.717) is 5.56 Å². The van der Waals surface area contributed by atoms with E-state index in [2.05, 4.69) is 22.5 Å². The molecule has 0 spiro atoms. The van der Waals surface area contributed by atoms with Crippen LogP contribution in [0.3, 0.4) is 0 Å². The molecule has 0 aliphatic heterocycles. The van der Waals surface area contributed by atoms with Gasteiger partial charge in [0.1, 0.15) is 0 Å². The standard InChI is InChI=1S/C12H17N3O/c1-12(5-3-6-12)15-11(16)9-8-14-7-4-10(9)13-2/h4,7-8H,3,5-6H2,1-2H3,(H,13,14)(H,15,16). The molecule has 1 heterocycles. The molecule has 1 amide bonds. The highest BCUT2D eigenvalue weighted by molar-refractivity contribution is 5.99. The fourth-order valence-corrected chi connectivity index (χ4v) is 1.97. The third-order valence-electron chi connectivity index (χ3n) is 3.21. The number of carbonyl (C=O) groups excluding carboxylic acids is 1. The minimum atomic E-state index is -0.0420. The fraction of sp³-hybridized carbons (Fsp3) is 0.500. The molecular weight excluding hydrogens is 202 g/mol. The van der Waals surface area contributed by atoms with Gasteiger partial charge < -0.3 is 10.6 Å². The van der Waals surface area contributed by atoms with Gasteiger partial charge in [-0.15, -0.1) is 0 Å². The summed E-state index contributed by atoms with van der Waals surface area (Å²) in [5.74, 6) is -0.0420. The molecule has 4 heteroatoms. The van der Waals surface area contributed by atoms with Crippen molar-refractivity contribution in [1.82, 2.24) is 10.3 Å². The van der Waals surface area contributed by atoms with Crippen molar-refractivity contribution in [2.24, 2.45) is 0 Å². The van der Waals surface area contributed by atoms with Gasteiger partial charge in [0.05, 0.1) is 5.56 Å². The van der Waals surface area contributed by atoms with Crippen molar-refractivity contribution in [1.29, 1.82) is 0 Å². The number of nitrogens with one attached hydrogen (secondary N) is 2. The van der Waals surface area contributed by atoms with E-state index in [1.54, 1.807) is 25.5 Å². The third-order valence-corrected chi connectivity index (χ3v) is 3.21. The van der Waals surface area contributed by atoms with E-state index in [1.165, 1.54) is 6.42 Å². The van der Waals surface area contributed by atoms with Gasteiger partial charge in [-0.1, -0.05) is 0 Å². The van der Waals surface area contributed by atoms with Gasteiger partial charge in [0.2, 0.25) is 0 Å². The molecule has 0 unspecified atom stereocenters. The van der Waals surface area contributed by atoms with Crippen LogP contribution in [0.1, 0.15) is 36.5 Å². The molecule has 0 radical (unpaired) electrons. The van der Waals surface area contributed by atoms with Crippen LogP contribution in [0.2, 0.25) is 0 Å². The second-order valence-electron chi connectivity index (χ2n) is 4.54. The molecule has 0 saturated heterocycles. The van der Waals surface area contributed by atoms with Crippen LogP contribution in [0.15, 0.2) is 18.5 Å². The number of aromatic nitrogens is 1. The van der Waals surface area contributed by atoms with E-state index in [1.807, 2.05) is 0 Å². The van der Waals surface area contributed by atoms with Crippen LogP contribution in [0.25, 0.3) is 0 Å². The van der Waals surface area contributed by atoms with Crippen molar-refractivity contribution < 1.29 is 4.79 Å². The topological polar surface area (TPSA) is 54.0 Å². The average Bonchev–Trinajstić information content (AvgIpc) is 2.26. The van der Waals surface area contributed by atoms with Crippen LogP contribution in [-0.2, 0) is 0 Å². The lowest BCUT2D eigenvalue weighted by molar-refractivity contribution is 0.0851. The molecule has 16 heavy (non-hydrogen) atoms. The van der Waals surface area contributed by atoms with E-state index in [9.17, 15) is 4.79 Å². The Morgan fingerprint density at radius 3 is 2.81 bits per heavy atom. The number of hydrogen-bond acceptors (Lipinski definition) is 3. The summed E-state index contributed by atoms with van der Waals surface area (Å²) in [6, 6.07) is 1.80. The van der Waals surface area contributed by atoms with Gasteiger partial charge in [0, 0.05) is 30.7 Å². The molecule has 0 atom stereocenters. The van der Waals surface area contributed by atoms with Crippen molar-refractivity contribution >= 4 is 11.6 Å². The molecule has 1 saturated carbocycles. The van der Waals surface area contributed by atoms with Crippen LogP contribution in [-0.4, -0.2) is 23.5 Å². The van der Waals surface area contributed by atoms with Gasteiger partial charge in [-0.05, 0) is 32.3 Å². The van der Waals surface area contributed by atoms with Crippen molar-refractivity contribution in [2.75, 3.05) is 12.4 Å².